The minimum atomic E-state index is -0.234. The van der Waals surface area contributed by atoms with E-state index in [0.29, 0.717) is 17.0 Å². The van der Waals surface area contributed by atoms with E-state index in [2.05, 4.69) is 5.32 Å². The van der Waals surface area contributed by atoms with Gasteiger partial charge < -0.3 is 11.1 Å². The van der Waals surface area contributed by atoms with E-state index in [1.807, 2.05) is 32.0 Å². The Balaban J connectivity index is 2.80. The largest absolute Gasteiger partial charge is 0.392 e. The number of rotatable bonds is 4. The SMILES string of the molecule is CCC(NC(=O)c1ccccc1C)C(N)=S. The number of benzene rings is 1. The van der Waals surface area contributed by atoms with Crippen molar-refractivity contribution in [1.82, 2.24) is 5.32 Å². The number of nitrogens with one attached hydrogen (secondary N) is 1. The Bertz CT molecular complexity index is 404. The van der Waals surface area contributed by atoms with E-state index in [1.54, 1.807) is 6.07 Å². The maximum Gasteiger partial charge on any atom is 0.252 e. The van der Waals surface area contributed by atoms with Crippen molar-refractivity contribution in [3.05, 3.63) is 35.4 Å². The van der Waals surface area contributed by atoms with Crippen molar-refractivity contribution in [3.63, 3.8) is 0 Å². The van der Waals surface area contributed by atoms with Gasteiger partial charge in [0.1, 0.15) is 0 Å². The first-order valence-corrected chi connectivity index (χ1v) is 5.63. The summed E-state index contributed by atoms with van der Waals surface area (Å²) < 4.78 is 0. The lowest BCUT2D eigenvalue weighted by Gasteiger charge is -2.16. The van der Waals surface area contributed by atoms with Gasteiger partial charge in [-0.1, -0.05) is 37.3 Å². The van der Waals surface area contributed by atoms with E-state index in [4.69, 9.17) is 18.0 Å². The molecular weight excluding hydrogens is 220 g/mol. The van der Waals surface area contributed by atoms with Gasteiger partial charge in [-0.15, -0.1) is 0 Å². The second-order valence-corrected chi connectivity index (χ2v) is 4.12. The quantitative estimate of drug-likeness (QED) is 0.784. The molecular formula is C12H16N2OS. The molecule has 4 heteroatoms. The van der Waals surface area contributed by atoms with Gasteiger partial charge in [-0.3, -0.25) is 4.79 Å². The van der Waals surface area contributed by atoms with E-state index < -0.39 is 0 Å². The highest BCUT2D eigenvalue weighted by molar-refractivity contribution is 7.80. The van der Waals surface area contributed by atoms with Crippen molar-refractivity contribution < 1.29 is 4.79 Å². The predicted molar refractivity (Wildman–Crippen MR) is 69.5 cm³/mol. The number of hydrogen-bond donors (Lipinski definition) is 2. The summed E-state index contributed by atoms with van der Waals surface area (Å²) in [6.45, 7) is 3.83. The molecule has 1 aromatic rings. The Hall–Kier alpha value is -1.42. The third kappa shape index (κ3) is 3.03. The molecule has 0 saturated carbocycles. The highest BCUT2D eigenvalue weighted by atomic mass is 32.1. The number of nitrogens with two attached hydrogens (primary N) is 1. The van der Waals surface area contributed by atoms with Crippen LogP contribution >= 0.6 is 12.2 Å². The van der Waals surface area contributed by atoms with Crippen molar-refractivity contribution >= 4 is 23.1 Å². The average Bonchev–Trinajstić information content (AvgIpc) is 2.25. The zero-order valence-electron chi connectivity index (χ0n) is 9.49. The lowest BCUT2D eigenvalue weighted by molar-refractivity contribution is 0.0946. The van der Waals surface area contributed by atoms with Gasteiger partial charge in [-0.25, -0.2) is 0 Å². The van der Waals surface area contributed by atoms with Crippen molar-refractivity contribution in [1.29, 1.82) is 0 Å². The van der Waals surface area contributed by atoms with Crippen LogP contribution in [0.4, 0.5) is 0 Å². The highest BCUT2D eigenvalue weighted by Gasteiger charge is 2.15. The van der Waals surface area contributed by atoms with Crippen LogP contribution in [0.3, 0.4) is 0 Å². The van der Waals surface area contributed by atoms with Crippen LogP contribution in [-0.4, -0.2) is 16.9 Å². The fourth-order valence-corrected chi connectivity index (χ4v) is 1.66. The lowest BCUT2D eigenvalue weighted by atomic mass is 10.1. The Kier molecular flexibility index (Phi) is 4.43. The maximum atomic E-state index is 11.9. The summed E-state index contributed by atoms with van der Waals surface area (Å²) in [7, 11) is 0. The summed E-state index contributed by atoms with van der Waals surface area (Å²) in [6, 6.07) is 7.19. The summed E-state index contributed by atoms with van der Waals surface area (Å²) >= 11 is 4.88. The second-order valence-electron chi connectivity index (χ2n) is 3.65. The molecule has 0 bridgehead atoms. The third-order valence-electron chi connectivity index (χ3n) is 2.45. The Morgan fingerprint density at radius 2 is 2.12 bits per heavy atom. The molecule has 0 aliphatic heterocycles. The summed E-state index contributed by atoms with van der Waals surface area (Å²) in [5.74, 6) is -0.127. The smallest absolute Gasteiger partial charge is 0.252 e. The molecule has 1 amide bonds. The standard InChI is InChI=1S/C12H16N2OS/c1-3-10(11(13)16)14-12(15)9-7-5-4-6-8(9)2/h4-7,10H,3H2,1-2H3,(H2,13,16)(H,14,15). The van der Waals surface area contributed by atoms with E-state index in [9.17, 15) is 4.79 Å². The summed E-state index contributed by atoms with van der Waals surface area (Å²) in [6.07, 6.45) is 0.701. The lowest BCUT2D eigenvalue weighted by Crippen LogP contribution is -2.43. The first-order valence-electron chi connectivity index (χ1n) is 5.22. The van der Waals surface area contributed by atoms with Gasteiger partial charge >= 0.3 is 0 Å². The zero-order chi connectivity index (χ0) is 12.1. The topological polar surface area (TPSA) is 55.1 Å². The predicted octanol–water partition coefficient (Wildman–Crippen LogP) is 1.79. The van der Waals surface area contributed by atoms with Crippen molar-refractivity contribution in [2.75, 3.05) is 0 Å². The number of carbonyl (C=O) groups excluding carboxylic acids is 1. The number of amides is 1. The van der Waals surface area contributed by atoms with Crippen LogP contribution in [0.5, 0.6) is 0 Å². The van der Waals surface area contributed by atoms with E-state index >= 15 is 0 Å². The van der Waals surface area contributed by atoms with Gasteiger partial charge in [-0.2, -0.15) is 0 Å². The Labute approximate surface area is 101 Å². The molecule has 0 spiro atoms. The molecule has 1 aromatic carbocycles. The monoisotopic (exact) mass is 236 g/mol. The van der Waals surface area contributed by atoms with Crippen LogP contribution in [0.25, 0.3) is 0 Å². The minimum absolute atomic E-state index is 0.127. The molecule has 0 fully saturated rings. The molecule has 0 radical (unpaired) electrons. The van der Waals surface area contributed by atoms with E-state index in [1.165, 1.54) is 0 Å². The molecule has 0 aliphatic carbocycles. The number of aryl methyl sites for hydroxylation is 1. The molecule has 1 atom stereocenters. The second kappa shape index (κ2) is 5.61. The van der Waals surface area contributed by atoms with Crippen LogP contribution < -0.4 is 11.1 Å². The molecule has 86 valence electrons. The normalized spacial score (nSPS) is 11.9. The number of hydrogen-bond acceptors (Lipinski definition) is 2. The van der Waals surface area contributed by atoms with Gasteiger partial charge in [0.05, 0.1) is 11.0 Å². The summed E-state index contributed by atoms with van der Waals surface area (Å²) in [5.41, 5.74) is 7.13. The molecule has 1 unspecified atom stereocenters. The van der Waals surface area contributed by atoms with Crippen molar-refractivity contribution in [2.24, 2.45) is 5.73 Å². The molecule has 1 rings (SSSR count). The molecule has 3 nitrogen and oxygen atoms in total. The van der Waals surface area contributed by atoms with E-state index in [0.717, 1.165) is 5.56 Å². The van der Waals surface area contributed by atoms with Crippen LogP contribution in [0, 0.1) is 6.92 Å². The molecule has 3 N–H and O–H groups in total. The number of thiocarbonyl (C=S) groups is 1. The third-order valence-corrected chi connectivity index (χ3v) is 2.73. The van der Waals surface area contributed by atoms with Gasteiger partial charge in [0.2, 0.25) is 0 Å². The molecule has 0 heterocycles. The minimum Gasteiger partial charge on any atom is -0.392 e. The first kappa shape index (κ1) is 12.6. The number of carbonyl (C=O) groups is 1. The molecule has 0 aliphatic rings. The Morgan fingerprint density at radius 3 is 2.62 bits per heavy atom. The van der Waals surface area contributed by atoms with Crippen LogP contribution in [-0.2, 0) is 0 Å². The highest BCUT2D eigenvalue weighted by Crippen LogP contribution is 2.07. The maximum absolute atomic E-state index is 11.9. The van der Waals surface area contributed by atoms with Crippen LogP contribution in [0.2, 0.25) is 0 Å². The zero-order valence-corrected chi connectivity index (χ0v) is 10.3. The van der Waals surface area contributed by atoms with Crippen LogP contribution in [0.1, 0.15) is 29.3 Å². The summed E-state index contributed by atoms with van der Waals surface area (Å²) in [4.78, 5) is 12.2. The Morgan fingerprint density at radius 1 is 1.50 bits per heavy atom. The van der Waals surface area contributed by atoms with Gasteiger partial charge in [0, 0.05) is 5.56 Å². The molecule has 0 aromatic heterocycles. The molecule has 0 saturated heterocycles. The van der Waals surface area contributed by atoms with E-state index in [-0.39, 0.29) is 11.9 Å². The van der Waals surface area contributed by atoms with Gasteiger partial charge in [-0.05, 0) is 25.0 Å². The summed E-state index contributed by atoms with van der Waals surface area (Å²) in [5, 5.41) is 2.82. The van der Waals surface area contributed by atoms with Crippen molar-refractivity contribution in [2.45, 2.75) is 26.3 Å². The fourth-order valence-electron chi connectivity index (χ4n) is 1.44. The van der Waals surface area contributed by atoms with Gasteiger partial charge in [0.25, 0.3) is 5.91 Å². The van der Waals surface area contributed by atoms with Crippen molar-refractivity contribution in [3.8, 4) is 0 Å². The van der Waals surface area contributed by atoms with Gasteiger partial charge in [0.15, 0.2) is 0 Å². The molecule has 16 heavy (non-hydrogen) atoms. The van der Waals surface area contributed by atoms with Crippen LogP contribution in [0.15, 0.2) is 24.3 Å². The first-order chi connectivity index (χ1) is 7.56. The fraction of sp³-hybridized carbons (Fsp3) is 0.333. The average molecular weight is 236 g/mol.